The van der Waals surface area contributed by atoms with E-state index >= 15 is 0 Å². The summed E-state index contributed by atoms with van der Waals surface area (Å²) in [7, 11) is 0. The number of hydrogen-bond donors (Lipinski definition) is 0. The van der Waals surface area contributed by atoms with Crippen LogP contribution in [0, 0.1) is 12.3 Å². The summed E-state index contributed by atoms with van der Waals surface area (Å²) >= 11 is 0. The van der Waals surface area contributed by atoms with E-state index < -0.39 is 0 Å². The number of rotatable bonds is 4. The highest BCUT2D eigenvalue weighted by atomic mass is 16.1. The van der Waals surface area contributed by atoms with Crippen molar-refractivity contribution in [2.45, 2.75) is 33.6 Å². The molecule has 9 heavy (non-hydrogen) atoms. The van der Waals surface area contributed by atoms with Crippen LogP contribution in [0.4, 0.5) is 0 Å². The van der Waals surface area contributed by atoms with Gasteiger partial charge in [0.25, 0.3) is 0 Å². The number of hydrogen-bond acceptors (Lipinski definition) is 1. The Kier molecular flexibility index (Phi) is 4.37. The van der Waals surface area contributed by atoms with Gasteiger partial charge in [0.05, 0.1) is 0 Å². The monoisotopic (exact) mass is 127 g/mol. The molecule has 0 saturated carbocycles. The second-order valence-corrected chi connectivity index (χ2v) is 2.17. The molecule has 0 aliphatic rings. The van der Waals surface area contributed by atoms with Crippen LogP contribution in [0.1, 0.15) is 33.6 Å². The van der Waals surface area contributed by atoms with E-state index in [0.29, 0.717) is 12.2 Å². The van der Waals surface area contributed by atoms with Crippen molar-refractivity contribution in [1.29, 1.82) is 0 Å². The Morgan fingerprint density at radius 2 is 2.11 bits per heavy atom. The standard InChI is InChI=1S/C8H15O/c1-4-7(5-2)8(9)6-3/h4,7H,5-6H2,1-3H3. The SMILES string of the molecule is C[CH]C(CC)C(=O)CC. The normalized spacial score (nSPS) is 10.2. The zero-order valence-corrected chi connectivity index (χ0v) is 6.48. The zero-order chi connectivity index (χ0) is 7.28. The van der Waals surface area contributed by atoms with E-state index in [0.717, 1.165) is 6.42 Å². The van der Waals surface area contributed by atoms with Gasteiger partial charge in [-0.2, -0.15) is 0 Å². The lowest BCUT2D eigenvalue weighted by Crippen LogP contribution is -2.11. The van der Waals surface area contributed by atoms with Gasteiger partial charge >= 0.3 is 0 Å². The minimum absolute atomic E-state index is 0.204. The van der Waals surface area contributed by atoms with Gasteiger partial charge < -0.3 is 0 Å². The van der Waals surface area contributed by atoms with Crippen molar-refractivity contribution in [1.82, 2.24) is 0 Å². The predicted octanol–water partition coefficient (Wildman–Crippen LogP) is 2.22. The van der Waals surface area contributed by atoms with E-state index in [-0.39, 0.29) is 5.92 Å². The van der Waals surface area contributed by atoms with Gasteiger partial charge in [0.2, 0.25) is 0 Å². The molecule has 1 atom stereocenters. The topological polar surface area (TPSA) is 17.1 Å². The lowest BCUT2D eigenvalue weighted by Gasteiger charge is -2.07. The molecule has 0 fully saturated rings. The van der Waals surface area contributed by atoms with Crippen molar-refractivity contribution in [2.75, 3.05) is 0 Å². The second kappa shape index (κ2) is 4.54. The molecular weight excluding hydrogens is 112 g/mol. The number of carbonyl (C=O) groups is 1. The van der Waals surface area contributed by atoms with Gasteiger partial charge in [0.15, 0.2) is 0 Å². The van der Waals surface area contributed by atoms with E-state index in [1.165, 1.54) is 0 Å². The number of ketones is 1. The molecule has 0 aliphatic heterocycles. The average Bonchev–Trinajstić information content (AvgIpc) is 1.90. The molecule has 0 bridgehead atoms. The van der Waals surface area contributed by atoms with Crippen LogP contribution in [0.25, 0.3) is 0 Å². The summed E-state index contributed by atoms with van der Waals surface area (Å²) in [6.45, 7) is 5.90. The van der Waals surface area contributed by atoms with Crippen molar-refractivity contribution in [3.8, 4) is 0 Å². The van der Waals surface area contributed by atoms with Crippen LogP contribution in [0.2, 0.25) is 0 Å². The minimum Gasteiger partial charge on any atom is -0.299 e. The second-order valence-electron chi connectivity index (χ2n) is 2.17. The molecule has 1 nitrogen and oxygen atoms in total. The van der Waals surface area contributed by atoms with Gasteiger partial charge in [-0.25, -0.2) is 0 Å². The summed E-state index contributed by atoms with van der Waals surface area (Å²) in [6.07, 6.45) is 3.60. The molecule has 0 rings (SSSR count). The molecule has 0 saturated heterocycles. The fourth-order valence-electron chi connectivity index (χ4n) is 0.911. The Hall–Kier alpha value is -0.330. The molecule has 1 heteroatoms. The van der Waals surface area contributed by atoms with Crippen molar-refractivity contribution < 1.29 is 4.79 Å². The quantitative estimate of drug-likeness (QED) is 0.566. The maximum Gasteiger partial charge on any atom is 0.135 e. The summed E-state index contributed by atoms with van der Waals surface area (Å²) in [6, 6.07) is 0. The number of Topliss-reactive ketones (excluding diaryl/α,β-unsaturated/α-hetero) is 1. The highest BCUT2D eigenvalue weighted by Crippen LogP contribution is 2.08. The van der Waals surface area contributed by atoms with Gasteiger partial charge in [-0.1, -0.05) is 20.8 Å². The summed E-state index contributed by atoms with van der Waals surface area (Å²) in [5.41, 5.74) is 0. The van der Waals surface area contributed by atoms with Crippen LogP contribution in [0.3, 0.4) is 0 Å². The van der Waals surface area contributed by atoms with Crippen LogP contribution < -0.4 is 0 Å². The maximum absolute atomic E-state index is 10.9. The van der Waals surface area contributed by atoms with Crippen LogP contribution in [0.5, 0.6) is 0 Å². The van der Waals surface area contributed by atoms with Crippen molar-refractivity contribution in [3.05, 3.63) is 6.42 Å². The molecule has 0 aromatic rings. The average molecular weight is 127 g/mol. The summed E-state index contributed by atoms with van der Waals surface area (Å²) in [5.74, 6) is 0.565. The molecule has 0 aromatic heterocycles. The molecular formula is C8H15O. The summed E-state index contributed by atoms with van der Waals surface area (Å²) < 4.78 is 0. The maximum atomic E-state index is 10.9. The lowest BCUT2D eigenvalue weighted by atomic mass is 9.97. The zero-order valence-electron chi connectivity index (χ0n) is 6.48. The molecule has 0 heterocycles. The van der Waals surface area contributed by atoms with Crippen LogP contribution in [-0.2, 0) is 4.79 Å². The van der Waals surface area contributed by atoms with E-state index in [2.05, 4.69) is 0 Å². The third kappa shape index (κ3) is 2.64. The van der Waals surface area contributed by atoms with Gasteiger partial charge in [0, 0.05) is 12.3 Å². The minimum atomic E-state index is 0.204. The molecule has 0 aromatic carbocycles. The largest absolute Gasteiger partial charge is 0.299 e. The first-order chi connectivity index (χ1) is 4.26. The van der Waals surface area contributed by atoms with Crippen LogP contribution in [0.15, 0.2) is 0 Å². The van der Waals surface area contributed by atoms with Crippen molar-refractivity contribution in [2.24, 2.45) is 5.92 Å². The van der Waals surface area contributed by atoms with E-state index in [1.54, 1.807) is 0 Å². The van der Waals surface area contributed by atoms with Crippen molar-refractivity contribution in [3.63, 3.8) is 0 Å². The molecule has 1 unspecified atom stereocenters. The smallest absolute Gasteiger partial charge is 0.135 e. The Morgan fingerprint density at radius 1 is 1.56 bits per heavy atom. The van der Waals surface area contributed by atoms with Crippen LogP contribution >= 0.6 is 0 Å². The Labute approximate surface area is 57.5 Å². The van der Waals surface area contributed by atoms with E-state index in [1.807, 2.05) is 27.2 Å². The highest BCUT2D eigenvalue weighted by Gasteiger charge is 2.10. The fourth-order valence-corrected chi connectivity index (χ4v) is 0.911. The van der Waals surface area contributed by atoms with Gasteiger partial charge in [-0.05, 0) is 12.8 Å². The summed E-state index contributed by atoms with van der Waals surface area (Å²) in [5, 5.41) is 0. The fraction of sp³-hybridized carbons (Fsp3) is 0.750. The predicted molar refractivity (Wildman–Crippen MR) is 39.1 cm³/mol. The first-order valence-electron chi connectivity index (χ1n) is 3.58. The lowest BCUT2D eigenvalue weighted by molar-refractivity contribution is -0.121. The molecule has 53 valence electrons. The number of carbonyl (C=O) groups excluding carboxylic acids is 1. The molecule has 0 N–H and O–H groups in total. The first kappa shape index (κ1) is 8.67. The van der Waals surface area contributed by atoms with Crippen LogP contribution in [-0.4, -0.2) is 5.78 Å². The Bertz CT molecular complexity index is 82.6. The highest BCUT2D eigenvalue weighted by molar-refractivity contribution is 5.81. The third-order valence-electron chi connectivity index (χ3n) is 1.60. The molecule has 0 spiro atoms. The third-order valence-corrected chi connectivity index (χ3v) is 1.60. The van der Waals surface area contributed by atoms with Crippen molar-refractivity contribution >= 4 is 5.78 Å². The van der Waals surface area contributed by atoms with E-state index in [9.17, 15) is 4.79 Å². The van der Waals surface area contributed by atoms with Gasteiger partial charge in [0.1, 0.15) is 5.78 Å². The first-order valence-corrected chi connectivity index (χ1v) is 3.58. The van der Waals surface area contributed by atoms with Gasteiger partial charge in [-0.3, -0.25) is 4.79 Å². The molecule has 0 amide bonds. The molecule has 1 radical (unpaired) electrons. The Morgan fingerprint density at radius 3 is 2.22 bits per heavy atom. The van der Waals surface area contributed by atoms with Gasteiger partial charge in [-0.15, -0.1) is 0 Å². The molecule has 0 aliphatic carbocycles. The summed E-state index contributed by atoms with van der Waals surface area (Å²) in [4.78, 5) is 10.9. The van der Waals surface area contributed by atoms with E-state index in [4.69, 9.17) is 0 Å². The Balaban J connectivity index is 3.64.